The van der Waals surface area contributed by atoms with E-state index < -0.39 is 15.9 Å². The van der Waals surface area contributed by atoms with Crippen LogP contribution < -0.4 is 10.5 Å². The first-order valence-electron chi connectivity index (χ1n) is 8.03. The first kappa shape index (κ1) is 17.8. The van der Waals surface area contributed by atoms with Crippen LogP contribution in [0.15, 0.2) is 36.4 Å². The number of amides is 1. The number of sulfonamides is 1. The fourth-order valence-corrected chi connectivity index (χ4v) is 4.12. The lowest BCUT2D eigenvalue weighted by atomic mass is 9.89. The average molecular weight is 379 g/mol. The van der Waals surface area contributed by atoms with Crippen LogP contribution in [-0.2, 0) is 16.4 Å². The van der Waals surface area contributed by atoms with E-state index in [0.717, 1.165) is 29.5 Å². The first-order chi connectivity index (χ1) is 11.8. The molecule has 0 radical (unpaired) electrons. The average Bonchev–Trinajstić information content (AvgIpc) is 2.97. The van der Waals surface area contributed by atoms with Crippen molar-refractivity contribution in [1.82, 2.24) is 0 Å². The standard InChI is InChI=1S/C18H19ClN2O3S/c1-2-25(23,24)21-13-5-8-16(18(20)22)17(10-13)15-6-3-11-9-12(19)4-7-14(11)15/h4-5,7-10,15,21H,2-3,6H2,1H3,(H2,20,22)/t15-/m1/s1. The van der Waals surface area contributed by atoms with Gasteiger partial charge in [0.05, 0.1) is 5.75 Å². The van der Waals surface area contributed by atoms with E-state index in [1.807, 2.05) is 18.2 Å². The normalized spacial score (nSPS) is 16.5. The van der Waals surface area contributed by atoms with Crippen molar-refractivity contribution in [3.8, 4) is 0 Å². The van der Waals surface area contributed by atoms with Crippen molar-refractivity contribution >= 4 is 33.2 Å². The van der Waals surface area contributed by atoms with Crippen molar-refractivity contribution in [2.45, 2.75) is 25.7 Å². The number of carbonyl (C=O) groups is 1. The van der Waals surface area contributed by atoms with Crippen LogP contribution in [0.3, 0.4) is 0 Å². The SMILES string of the molecule is CCS(=O)(=O)Nc1ccc(C(N)=O)c([C@@H]2CCc3cc(Cl)ccc32)c1. The highest BCUT2D eigenvalue weighted by Crippen LogP contribution is 2.41. The molecule has 0 heterocycles. The van der Waals surface area contributed by atoms with Gasteiger partial charge in [-0.1, -0.05) is 17.7 Å². The number of primary amides is 1. The van der Waals surface area contributed by atoms with E-state index in [4.69, 9.17) is 17.3 Å². The number of hydrogen-bond donors (Lipinski definition) is 2. The van der Waals surface area contributed by atoms with E-state index in [0.29, 0.717) is 16.3 Å². The molecule has 0 fully saturated rings. The zero-order chi connectivity index (χ0) is 18.2. The zero-order valence-electron chi connectivity index (χ0n) is 13.8. The van der Waals surface area contributed by atoms with E-state index in [2.05, 4.69) is 4.72 Å². The van der Waals surface area contributed by atoms with E-state index in [1.165, 1.54) is 0 Å². The van der Waals surface area contributed by atoms with E-state index in [9.17, 15) is 13.2 Å². The van der Waals surface area contributed by atoms with Crippen LogP contribution in [-0.4, -0.2) is 20.1 Å². The predicted molar refractivity (Wildman–Crippen MR) is 99.7 cm³/mol. The van der Waals surface area contributed by atoms with Crippen LogP contribution in [0.4, 0.5) is 5.69 Å². The molecular weight excluding hydrogens is 360 g/mol. The van der Waals surface area contributed by atoms with E-state index >= 15 is 0 Å². The number of rotatable bonds is 5. The summed E-state index contributed by atoms with van der Waals surface area (Å²) in [6, 6.07) is 10.6. The summed E-state index contributed by atoms with van der Waals surface area (Å²) < 4.78 is 26.2. The molecule has 3 rings (SSSR count). The number of aryl methyl sites for hydroxylation is 1. The first-order valence-corrected chi connectivity index (χ1v) is 10.1. The maximum atomic E-state index is 11.9. The molecule has 1 amide bonds. The molecule has 0 unspecified atom stereocenters. The Morgan fingerprint density at radius 2 is 2.00 bits per heavy atom. The monoisotopic (exact) mass is 378 g/mol. The Hall–Kier alpha value is -2.05. The number of fused-ring (bicyclic) bond motifs is 1. The third-order valence-electron chi connectivity index (χ3n) is 4.53. The maximum Gasteiger partial charge on any atom is 0.249 e. The molecule has 0 saturated carbocycles. The molecule has 2 aromatic rings. The van der Waals surface area contributed by atoms with Gasteiger partial charge in [-0.2, -0.15) is 0 Å². The van der Waals surface area contributed by atoms with Crippen LogP contribution >= 0.6 is 11.6 Å². The van der Waals surface area contributed by atoms with Crippen molar-refractivity contribution in [3.63, 3.8) is 0 Å². The number of nitrogens with one attached hydrogen (secondary N) is 1. The van der Waals surface area contributed by atoms with Crippen molar-refractivity contribution in [2.75, 3.05) is 10.5 Å². The van der Waals surface area contributed by atoms with Gasteiger partial charge in [-0.05, 0) is 66.8 Å². The predicted octanol–water partition coefficient (Wildman–Crippen LogP) is 3.28. The number of hydrogen-bond acceptors (Lipinski definition) is 3. The molecular formula is C18H19ClN2O3S. The van der Waals surface area contributed by atoms with E-state index in [-0.39, 0.29) is 11.7 Å². The summed E-state index contributed by atoms with van der Waals surface area (Å²) in [5.74, 6) is -0.562. The molecule has 1 aliphatic rings. The topological polar surface area (TPSA) is 89.3 Å². The fourth-order valence-electron chi connectivity index (χ4n) is 3.30. The summed E-state index contributed by atoms with van der Waals surface area (Å²) in [5, 5.41) is 0.680. The van der Waals surface area contributed by atoms with Crippen molar-refractivity contribution in [1.29, 1.82) is 0 Å². The Labute approximate surface area is 152 Å². The smallest absolute Gasteiger partial charge is 0.249 e. The molecule has 2 aromatic carbocycles. The summed E-state index contributed by atoms with van der Waals surface area (Å²) in [4.78, 5) is 11.9. The lowest BCUT2D eigenvalue weighted by molar-refractivity contribution is 0.0999. The molecule has 132 valence electrons. The second-order valence-corrected chi connectivity index (χ2v) is 8.55. The lowest BCUT2D eigenvalue weighted by Gasteiger charge is -2.17. The minimum absolute atomic E-state index is 0.0131. The molecule has 1 atom stereocenters. The van der Waals surface area contributed by atoms with Crippen molar-refractivity contribution < 1.29 is 13.2 Å². The van der Waals surface area contributed by atoms with Crippen molar-refractivity contribution in [2.24, 2.45) is 5.73 Å². The molecule has 0 aliphatic heterocycles. The van der Waals surface area contributed by atoms with Gasteiger partial charge in [-0.25, -0.2) is 8.42 Å². The van der Waals surface area contributed by atoms with Gasteiger partial charge < -0.3 is 5.73 Å². The number of benzene rings is 2. The molecule has 0 aromatic heterocycles. The fraction of sp³-hybridized carbons (Fsp3) is 0.278. The van der Waals surface area contributed by atoms with Crippen LogP contribution in [0.2, 0.25) is 5.02 Å². The van der Waals surface area contributed by atoms with Gasteiger partial charge in [0.15, 0.2) is 0 Å². The molecule has 1 aliphatic carbocycles. The molecule has 0 spiro atoms. The van der Waals surface area contributed by atoms with Gasteiger partial charge in [0.1, 0.15) is 0 Å². The Morgan fingerprint density at radius 3 is 2.68 bits per heavy atom. The van der Waals surface area contributed by atoms with Gasteiger partial charge in [-0.15, -0.1) is 0 Å². The highest BCUT2D eigenvalue weighted by molar-refractivity contribution is 7.92. The molecule has 7 heteroatoms. The second-order valence-electron chi connectivity index (χ2n) is 6.11. The summed E-state index contributed by atoms with van der Waals surface area (Å²) in [7, 11) is -3.40. The Kier molecular flexibility index (Phi) is 4.75. The van der Waals surface area contributed by atoms with Crippen LogP contribution in [0, 0.1) is 0 Å². The van der Waals surface area contributed by atoms with Gasteiger partial charge in [0.2, 0.25) is 15.9 Å². The Balaban J connectivity index is 2.07. The minimum Gasteiger partial charge on any atom is -0.366 e. The molecule has 0 bridgehead atoms. The van der Waals surface area contributed by atoms with Crippen molar-refractivity contribution in [3.05, 3.63) is 63.7 Å². The Morgan fingerprint density at radius 1 is 1.24 bits per heavy atom. The quantitative estimate of drug-likeness (QED) is 0.836. The molecule has 0 saturated heterocycles. The molecule has 3 N–H and O–H groups in total. The largest absolute Gasteiger partial charge is 0.366 e. The highest BCUT2D eigenvalue weighted by atomic mass is 35.5. The third kappa shape index (κ3) is 3.65. The second kappa shape index (κ2) is 6.69. The summed E-state index contributed by atoms with van der Waals surface area (Å²) in [5.41, 5.74) is 9.36. The molecule has 25 heavy (non-hydrogen) atoms. The summed E-state index contributed by atoms with van der Waals surface area (Å²) in [6.07, 6.45) is 1.67. The minimum atomic E-state index is -3.40. The maximum absolute atomic E-state index is 11.9. The van der Waals surface area contributed by atoms with Gasteiger partial charge in [-0.3, -0.25) is 9.52 Å². The number of carbonyl (C=O) groups excluding carboxylic acids is 1. The number of halogens is 1. The van der Waals surface area contributed by atoms with Gasteiger partial charge in [0, 0.05) is 22.2 Å². The summed E-state index contributed by atoms with van der Waals surface area (Å²) >= 11 is 6.06. The van der Waals surface area contributed by atoms with E-state index in [1.54, 1.807) is 25.1 Å². The zero-order valence-corrected chi connectivity index (χ0v) is 15.3. The third-order valence-corrected chi connectivity index (χ3v) is 6.07. The Bertz CT molecular complexity index is 941. The number of nitrogens with two attached hydrogens (primary N) is 1. The number of anilines is 1. The summed E-state index contributed by atoms with van der Waals surface area (Å²) in [6.45, 7) is 1.57. The van der Waals surface area contributed by atoms with Gasteiger partial charge >= 0.3 is 0 Å². The highest BCUT2D eigenvalue weighted by Gasteiger charge is 2.27. The lowest BCUT2D eigenvalue weighted by Crippen LogP contribution is -2.18. The van der Waals surface area contributed by atoms with Crippen LogP contribution in [0.5, 0.6) is 0 Å². The van der Waals surface area contributed by atoms with Crippen LogP contribution in [0.25, 0.3) is 0 Å². The van der Waals surface area contributed by atoms with Crippen LogP contribution in [0.1, 0.15) is 46.3 Å². The molecule has 5 nitrogen and oxygen atoms in total. The van der Waals surface area contributed by atoms with Gasteiger partial charge in [0.25, 0.3) is 0 Å².